The zero-order valence-electron chi connectivity index (χ0n) is 6.33. The highest BCUT2D eigenvalue weighted by Gasteiger charge is 2.01. The lowest BCUT2D eigenvalue weighted by molar-refractivity contribution is -0.119. The van der Waals surface area contributed by atoms with Crippen LogP contribution < -0.4 is 10.6 Å². The summed E-state index contributed by atoms with van der Waals surface area (Å²) in [6.45, 7) is 1.72. The Morgan fingerprint density at radius 1 is 1.73 bits per heavy atom. The lowest BCUT2D eigenvalue weighted by atomic mass is 10.4. The first kappa shape index (κ1) is 10.4. The number of carbonyl (C=O) groups is 2. The van der Waals surface area contributed by atoms with E-state index in [0.717, 1.165) is 6.29 Å². The third kappa shape index (κ3) is 5.87. The van der Waals surface area contributed by atoms with Crippen molar-refractivity contribution in [2.45, 2.75) is 13.0 Å². The molecule has 1 atom stereocenters. The van der Waals surface area contributed by atoms with Crippen molar-refractivity contribution >= 4 is 24.8 Å². The molecule has 5 heteroatoms. The molecule has 0 rings (SSSR count). The van der Waals surface area contributed by atoms with Gasteiger partial charge in [0.2, 0.25) is 5.91 Å². The van der Waals surface area contributed by atoms with Gasteiger partial charge in [0, 0.05) is 12.7 Å². The maximum absolute atomic E-state index is 10.3. The second-order valence-corrected chi connectivity index (χ2v) is 2.40. The Morgan fingerprint density at radius 3 is 2.73 bits per heavy atom. The number of carbonyl (C=O) groups excluding carboxylic acids is 2. The Bertz CT molecular complexity index is 141. The Balaban J connectivity index is 3.35. The Labute approximate surface area is 71.1 Å². The summed E-state index contributed by atoms with van der Waals surface area (Å²) in [6, 6.07) is -0.287. The van der Waals surface area contributed by atoms with Crippen molar-refractivity contribution < 1.29 is 9.59 Å². The predicted octanol–water partition coefficient (Wildman–Crippen LogP) is -0.833. The molecule has 0 saturated carbocycles. The zero-order chi connectivity index (χ0) is 8.69. The first-order chi connectivity index (χ1) is 5.20. The molecule has 0 heterocycles. The number of hydrogen-bond donors (Lipinski definition) is 3. The van der Waals surface area contributed by atoms with E-state index < -0.39 is 0 Å². The molecular formula is C6H12N2O2S. The molecular weight excluding hydrogens is 164 g/mol. The lowest BCUT2D eigenvalue weighted by Gasteiger charge is -2.08. The summed E-state index contributed by atoms with van der Waals surface area (Å²) < 4.78 is 0. The number of amides is 1. The fourth-order valence-corrected chi connectivity index (χ4v) is 0.677. The second kappa shape index (κ2) is 6.18. The summed E-state index contributed by atoms with van der Waals surface area (Å²) in [7, 11) is 0. The molecule has 64 valence electrons. The quantitative estimate of drug-likeness (QED) is 0.291. The maximum Gasteiger partial charge on any atom is 0.217 e. The van der Waals surface area contributed by atoms with Gasteiger partial charge in [-0.2, -0.15) is 12.6 Å². The van der Waals surface area contributed by atoms with Crippen molar-refractivity contribution in [3.8, 4) is 0 Å². The van der Waals surface area contributed by atoms with Crippen LogP contribution in [0, 0.1) is 0 Å². The molecule has 0 bridgehead atoms. The summed E-state index contributed by atoms with van der Waals surface area (Å²) in [5.41, 5.74) is 0. The Morgan fingerprint density at radius 2 is 2.36 bits per heavy atom. The fraction of sp³-hybridized carbons (Fsp3) is 0.667. The van der Waals surface area contributed by atoms with Gasteiger partial charge in [0.1, 0.15) is 6.29 Å². The average Bonchev–Trinajstić information content (AvgIpc) is 1.98. The van der Waals surface area contributed by atoms with Gasteiger partial charge < -0.3 is 10.1 Å². The van der Waals surface area contributed by atoms with E-state index in [0.29, 0.717) is 12.4 Å². The van der Waals surface area contributed by atoms with Crippen molar-refractivity contribution in [1.82, 2.24) is 10.6 Å². The minimum atomic E-state index is -0.287. The van der Waals surface area contributed by atoms with E-state index in [2.05, 4.69) is 23.3 Å². The first-order valence-electron chi connectivity index (χ1n) is 3.24. The van der Waals surface area contributed by atoms with Gasteiger partial charge in [-0.05, 0) is 0 Å². The van der Waals surface area contributed by atoms with Crippen LogP contribution in [-0.2, 0) is 9.59 Å². The monoisotopic (exact) mass is 176 g/mol. The average molecular weight is 176 g/mol. The number of rotatable bonds is 5. The third-order valence-corrected chi connectivity index (χ3v) is 1.46. The molecule has 2 N–H and O–H groups in total. The molecule has 11 heavy (non-hydrogen) atoms. The Kier molecular flexibility index (Phi) is 5.87. The van der Waals surface area contributed by atoms with Crippen molar-refractivity contribution in [3.63, 3.8) is 0 Å². The summed E-state index contributed by atoms with van der Waals surface area (Å²) in [5, 5.41) is 5.28. The van der Waals surface area contributed by atoms with Gasteiger partial charge in [-0.25, -0.2) is 0 Å². The fourth-order valence-electron chi connectivity index (χ4n) is 0.462. The predicted molar refractivity (Wildman–Crippen MR) is 45.5 cm³/mol. The first-order valence-corrected chi connectivity index (χ1v) is 3.88. The molecule has 0 radical (unpaired) electrons. The van der Waals surface area contributed by atoms with Gasteiger partial charge in [-0.1, -0.05) is 0 Å². The van der Waals surface area contributed by atoms with Gasteiger partial charge in [0.25, 0.3) is 0 Å². The van der Waals surface area contributed by atoms with E-state index >= 15 is 0 Å². The van der Waals surface area contributed by atoms with Crippen LogP contribution in [0.15, 0.2) is 0 Å². The van der Waals surface area contributed by atoms with Gasteiger partial charge in [0.15, 0.2) is 0 Å². The van der Waals surface area contributed by atoms with Crippen molar-refractivity contribution in [2.75, 3.05) is 12.4 Å². The number of nitrogens with one attached hydrogen (secondary N) is 2. The van der Waals surface area contributed by atoms with Crippen LogP contribution in [0.5, 0.6) is 0 Å². The van der Waals surface area contributed by atoms with Crippen LogP contribution in [0.25, 0.3) is 0 Å². The minimum absolute atomic E-state index is 0.124. The van der Waals surface area contributed by atoms with Gasteiger partial charge in [0.05, 0.1) is 12.7 Å². The highest BCUT2D eigenvalue weighted by atomic mass is 32.1. The highest BCUT2D eigenvalue weighted by Crippen LogP contribution is 1.80. The molecule has 0 aromatic heterocycles. The van der Waals surface area contributed by atoms with E-state index in [1.54, 1.807) is 0 Å². The van der Waals surface area contributed by atoms with Crippen molar-refractivity contribution in [3.05, 3.63) is 0 Å². The maximum atomic E-state index is 10.3. The van der Waals surface area contributed by atoms with E-state index in [9.17, 15) is 9.59 Å². The van der Waals surface area contributed by atoms with Gasteiger partial charge in [-0.3, -0.25) is 10.1 Å². The Hall–Kier alpha value is -0.550. The molecule has 0 aliphatic rings. The molecule has 0 aliphatic carbocycles. The smallest absolute Gasteiger partial charge is 0.217 e. The van der Waals surface area contributed by atoms with Crippen LogP contribution in [0.4, 0.5) is 0 Å². The van der Waals surface area contributed by atoms with Gasteiger partial charge in [-0.15, -0.1) is 0 Å². The number of thiol groups is 1. The van der Waals surface area contributed by atoms with Crippen LogP contribution in [0.3, 0.4) is 0 Å². The van der Waals surface area contributed by atoms with E-state index in [-0.39, 0.29) is 11.9 Å². The van der Waals surface area contributed by atoms with Crippen molar-refractivity contribution in [1.29, 1.82) is 0 Å². The van der Waals surface area contributed by atoms with Gasteiger partial charge >= 0.3 is 0 Å². The molecule has 4 nitrogen and oxygen atoms in total. The number of hydrogen-bond acceptors (Lipinski definition) is 4. The zero-order valence-corrected chi connectivity index (χ0v) is 7.23. The molecule has 0 saturated heterocycles. The topological polar surface area (TPSA) is 58.2 Å². The molecule has 0 aromatic rings. The van der Waals surface area contributed by atoms with Crippen LogP contribution >= 0.6 is 12.6 Å². The number of aldehydes is 1. The van der Waals surface area contributed by atoms with E-state index in [1.165, 1.54) is 6.92 Å². The lowest BCUT2D eigenvalue weighted by Crippen LogP contribution is -2.40. The molecule has 0 unspecified atom stereocenters. The SMILES string of the molecule is CC(=O)NCN[C@H](C=O)CS. The minimum Gasteiger partial charge on any atom is -0.344 e. The third-order valence-electron chi connectivity index (χ3n) is 1.06. The van der Waals surface area contributed by atoms with Crippen molar-refractivity contribution in [2.24, 2.45) is 0 Å². The molecule has 0 aromatic carbocycles. The van der Waals surface area contributed by atoms with Crippen LogP contribution in [0.2, 0.25) is 0 Å². The standard InChI is InChI=1S/C6H12N2O2S/c1-5(10)7-4-8-6(2-9)3-11/h2,6,8,11H,3-4H2,1H3,(H,7,10)/t6-/m1/s1. The van der Waals surface area contributed by atoms with Crippen LogP contribution in [0.1, 0.15) is 6.92 Å². The largest absolute Gasteiger partial charge is 0.344 e. The summed E-state index contributed by atoms with van der Waals surface area (Å²) in [4.78, 5) is 20.5. The molecule has 1 amide bonds. The normalized spacial score (nSPS) is 12.2. The van der Waals surface area contributed by atoms with E-state index in [1.807, 2.05) is 0 Å². The summed E-state index contributed by atoms with van der Waals surface area (Å²) in [6.07, 6.45) is 0.759. The molecule has 0 aliphatic heterocycles. The summed E-state index contributed by atoms with van der Waals surface area (Å²) in [5.74, 6) is 0.310. The second-order valence-electron chi connectivity index (χ2n) is 2.04. The highest BCUT2D eigenvalue weighted by molar-refractivity contribution is 7.80. The summed E-state index contributed by atoms with van der Waals surface area (Å²) >= 11 is 3.91. The van der Waals surface area contributed by atoms with Crippen LogP contribution in [-0.4, -0.2) is 30.7 Å². The van der Waals surface area contributed by atoms with E-state index in [4.69, 9.17) is 0 Å². The molecule has 0 fully saturated rings. The molecule has 0 spiro atoms.